The lowest BCUT2D eigenvalue weighted by Crippen LogP contribution is -2.06. The van der Waals surface area contributed by atoms with Gasteiger partial charge in [-0.15, -0.1) is 0 Å². The van der Waals surface area contributed by atoms with E-state index in [1.54, 1.807) is 12.4 Å². The Kier molecular flexibility index (Phi) is 4.47. The number of hydrogen-bond donors (Lipinski definition) is 1. The molecule has 3 nitrogen and oxygen atoms in total. The quantitative estimate of drug-likeness (QED) is 0.663. The molecule has 0 amide bonds. The van der Waals surface area contributed by atoms with Crippen molar-refractivity contribution in [3.63, 3.8) is 0 Å². The summed E-state index contributed by atoms with van der Waals surface area (Å²) in [5, 5.41) is 4.65. The van der Waals surface area contributed by atoms with Gasteiger partial charge < -0.3 is 5.32 Å². The van der Waals surface area contributed by atoms with E-state index in [4.69, 9.17) is 0 Å². The highest BCUT2D eigenvalue weighted by atomic mass is 19.1. The number of nitrogens with zero attached hydrogens (tertiary/aromatic N) is 2. The molecule has 0 fully saturated rings. The van der Waals surface area contributed by atoms with Crippen LogP contribution < -0.4 is 5.32 Å². The second-order valence-electron chi connectivity index (χ2n) is 6.37. The molecule has 0 spiro atoms. The van der Waals surface area contributed by atoms with E-state index in [2.05, 4.69) is 43.0 Å². The van der Waals surface area contributed by atoms with Gasteiger partial charge in [0.25, 0.3) is 0 Å². The largest absolute Gasteiger partial charge is 0.340 e. The highest BCUT2D eigenvalue weighted by molar-refractivity contribution is 5.86. The molecule has 1 N–H and O–H groups in total. The van der Waals surface area contributed by atoms with Crippen molar-refractivity contribution >= 4 is 22.3 Å². The predicted octanol–water partition coefficient (Wildman–Crippen LogP) is 5.75. The van der Waals surface area contributed by atoms with Gasteiger partial charge in [0.15, 0.2) is 0 Å². The van der Waals surface area contributed by atoms with Crippen molar-refractivity contribution in [3.05, 3.63) is 59.3 Å². The first-order valence-electron chi connectivity index (χ1n) is 8.30. The zero-order valence-electron chi connectivity index (χ0n) is 14.5. The molecule has 2 aromatic heterocycles. The first kappa shape index (κ1) is 16.4. The van der Waals surface area contributed by atoms with Crippen LogP contribution in [0.25, 0.3) is 10.8 Å². The van der Waals surface area contributed by atoms with E-state index in [0.29, 0.717) is 17.0 Å². The van der Waals surface area contributed by atoms with E-state index in [1.165, 1.54) is 22.8 Å². The lowest BCUT2D eigenvalue weighted by Gasteiger charge is -2.19. The molecule has 0 aliphatic rings. The van der Waals surface area contributed by atoms with Crippen LogP contribution in [-0.2, 0) is 6.42 Å². The van der Waals surface area contributed by atoms with Crippen LogP contribution in [0.3, 0.4) is 0 Å². The molecule has 1 aromatic carbocycles. The Balaban J connectivity index is 0.00000225. The van der Waals surface area contributed by atoms with Crippen molar-refractivity contribution in [1.29, 1.82) is 0 Å². The minimum absolute atomic E-state index is 0. The number of pyridine rings is 2. The fraction of sp³-hybridized carbons (Fsp3) is 0.300. The smallest absolute Gasteiger partial charge is 0.134 e. The molecule has 0 saturated heterocycles. The van der Waals surface area contributed by atoms with Gasteiger partial charge in [0.05, 0.1) is 0 Å². The Bertz CT molecular complexity index is 893. The minimum Gasteiger partial charge on any atom is -0.340 e. The van der Waals surface area contributed by atoms with Crippen molar-refractivity contribution in [2.45, 2.75) is 40.0 Å². The fourth-order valence-corrected chi connectivity index (χ4v) is 3.31. The van der Waals surface area contributed by atoms with Crippen molar-refractivity contribution in [2.75, 3.05) is 5.32 Å². The van der Waals surface area contributed by atoms with Gasteiger partial charge >= 0.3 is 0 Å². The molecular weight excluding hydrogens is 301 g/mol. The van der Waals surface area contributed by atoms with E-state index >= 15 is 0 Å². The van der Waals surface area contributed by atoms with Gasteiger partial charge in [-0.25, -0.2) is 9.37 Å². The predicted molar refractivity (Wildman–Crippen MR) is 99.5 cm³/mol. The highest BCUT2D eigenvalue weighted by Crippen LogP contribution is 2.31. The number of hydrogen-bond acceptors (Lipinski definition) is 3. The van der Waals surface area contributed by atoms with Crippen LogP contribution in [0.5, 0.6) is 0 Å². The molecular formula is C20H24FN3. The summed E-state index contributed by atoms with van der Waals surface area (Å²) in [5.74, 6) is 0.944. The lowest BCUT2D eigenvalue weighted by atomic mass is 9.92. The molecule has 126 valence electrons. The van der Waals surface area contributed by atoms with Gasteiger partial charge in [0, 0.05) is 31.1 Å². The number of aromatic nitrogens is 2. The third-order valence-corrected chi connectivity index (χ3v) is 4.32. The molecule has 0 unspecified atom stereocenters. The van der Waals surface area contributed by atoms with E-state index in [0.717, 1.165) is 17.6 Å². The van der Waals surface area contributed by atoms with Crippen molar-refractivity contribution in [2.24, 2.45) is 0 Å². The van der Waals surface area contributed by atoms with Gasteiger partial charge in [-0.3, -0.25) is 4.98 Å². The maximum Gasteiger partial charge on any atom is 0.134 e. The summed E-state index contributed by atoms with van der Waals surface area (Å²) in [6, 6.07) is 5.24. The Hall–Kier alpha value is -2.49. The zero-order valence-corrected chi connectivity index (χ0v) is 14.5. The minimum atomic E-state index is -0.280. The molecule has 2 heterocycles. The standard InChI is InChI=1S/C20H22FN3.H2/c1-5-16-19(12(2)3)13(4)10-23-20(16)24-15-8-14-6-7-22-11-17(14)18(21)9-15;/h6-12H,5H2,1-4H3,(H,23,24);1H. The number of fused-ring (bicyclic) bond motifs is 1. The number of benzene rings is 1. The Morgan fingerprint density at radius 1 is 1.25 bits per heavy atom. The van der Waals surface area contributed by atoms with E-state index < -0.39 is 0 Å². The first-order valence-corrected chi connectivity index (χ1v) is 8.30. The summed E-state index contributed by atoms with van der Waals surface area (Å²) in [7, 11) is 0. The zero-order chi connectivity index (χ0) is 17.3. The van der Waals surface area contributed by atoms with Gasteiger partial charge in [-0.1, -0.05) is 20.8 Å². The van der Waals surface area contributed by atoms with Crippen LogP contribution in [0.15, 0.2) is 36.8 Å². The molecule has 0 radical (unpaired) electrons. The van der Waals surface area contributed by atoms with Crippen LogP contribution in [0, 0.1) is 12.7 Å². The molecule has 0 saturated carbocycles. The third kappa shape index (κ3) is 2.96. The number of halogens is 1. The van der Waals surface area contributed by atoms with Crippen LogP contribution >= 0.6 is 0 Å². The lowest BCUT2D eigenvalue weighted by molar-refractivity contribution is 0.640. The van der Waals surface area contributed by atoms with Crippen molar-refractivity contribution < 1.29 is 5.82 Å². The first-order chi connectivity index (χ1) is 11.5. The summed E-state index contributed by atoms with van der Waals surface area (Å²) >= 11 is 0. The number of anilines is 2. The average Bonchev–Trinajstić information content (AvgIpc) is 2.55. The summed E-state index contributed by atoms with van der Waals surface area (Å²) in [5.41, 5.74) is 4.41. The molecule has 0 bridgehead atoms. The van der Waals surface area contributed by atoms with Crippen LogP contribution in [-0.4, -0.2) is 9.97 Å². The molecule has 3 aromatic rings. The summed E-state index contributed by atoms with van der Waals surface area (Å²) in [6.07, 6.45) is 5.99. The maximum absolute atomic E-state index is 14.3. The normalized spacial score (nSPS) is 11.2. The van der Waals surface area contributed by atoms with Crippen LogP contribution in [0.2, 0.25) is 0 Å². The van der Waals surface area contributed by atoms with E-state index in [1.807, 2.05) is 18.3 Å². The molecule has 0 aliphatic heterocycles. The van der Waals surface area contributed by atoms with Gasteiger partial charge in [0.1, 0.15) is 11.6 Å². The Labute approximate surface area is 143 Å². The number of rotatable bonds is 4. The molecule has 3 rings (SSSR count). The van der Waals surface area contributed by atoms with Gasteiger partial charge in [-0.05, 0) is 59.5 Å². The van der Waals surface area contributed by atoms with Gasteiger partial charge in [-0.2, -0.15) is 0 Å². The highest BCUT2D eigenvalue weighted by Gasteiger charge is 2.15. The van der Waals surface area contributed by atoms with Crippen LogP contribution in [0.1, 0.15) is 44.8 Å². The summed E-state index contributed by atoms with van der Waals surface area (Å²) in [4.78, 5) is 8.53. The van der Waals surface area contributed by atoms with Crippen LogP contribution in [0.4, 0.5) is 15.9 Å². The average molecular weight is 325 g/mol. The third-order valence-electron chi connectivity index (χ3n) is 4.32. The Morgan fingerprint density at radius 3 is 2.75 bits per heavy atom. The molecule has 4 heteroatoms. The monoisotopic (exact) mass is 325 g/mol. The topological polar surface area (TPSA) is 37.8 Å². The number of nitrogens with one attached hydrogen (secondary N) is 1. The molecule has 0 aliphatic carbocycles. The fourth-order valence-electron chi connectivity index (χ4n) is 3.31. The summed E-state index contributed by atoms with van der Waals surface area (Å²) in [6.45, 7) is 8.59. The van der Waals surface area contributed by atoms with E-state index in [9.17, 15) is 4.39 Å². The second kappa shape index (κ2) is 6.56. The second-order valence-corrected chi connectivity index (χ2v) is 6.37. The maximum atomic E-state index is 14.3. The molecule has 24 heavy (non-hydrogen) atoms. The Morgan fingerprint density at radius 2 is 2.04 bits per heavy atom. The van der Waals surface area contributed by atoms with Crippen molar-refractivity contribution in [1.82, 2.24) is 9.97 Å². The van der Waals surface area contributed by atoms with Crippen molar-refractivity contribution in [3.8, 4) is 0 Å². The SMILES string of the molecule is CCc1c(Nc2cc(F)c3cnccc3c2)ncc(C)c1C(C)C.[HH]. The van der Waals surface area contributed by atoms with E-state index in [-0.39, 0.29) is 7.24 Å². The summed E-state index contributed by atoms with van der Waals surface area (Å²) < 4.78 is 14.3. The molecule has 0 atom stereocenters. The number of aryl methyl sites for hydroxylation is 1. The van der Waals surface area contributed by atoms with Gasteiger partial charge in [0.2, 0.25) is 0 Å².